The summed E-state index contributed by atoms with van der Waals surface area (Å²) < 4.78 is 9.21. The van der Waals surface area contributed by atoms with E-state index < -0.39 is 5.97 Å². The van der Waals surface area contributed by atoms with Gasteiger partial charge in [-0.25, -0.2) is 4.84 Å². The van der Waals surface area contributed by atoms with E-state index in [1.54, 1.807) is 0 Å². The maximum atomic E-state index is 6.41. The molecule has 0 unspecified atom stereocenters. The number of hydrogen-bond donors (Lipinski definition) is 0. The summed E-state index contributed by atoms with van der Waals surface area (Å²) in [6, 6.07) is 0. The van der Waals surface area contributed by atoms with Crippen molar-refractivity contribution < 1.29 is 14.3 Å². The monoisotopic (exact) mass is 120 g/mol. The Kier molecular flexibility index (Phi) is 2.93. The predicted molar refractivity (Wildman–Crippen MR) is 26.6 cm³/mol. The highest BCUT2D eigenvalue weighted by Crippen LogP contribution is 2.07. The van der Waals surface area contributed by atoms with Crippen LogP contribution in [0.2, 0.25) is 0 Å². The molecule has 1 N–H and O–H groups in total. The summed E-state index contributed by atoms with van der Waals surface area (Å²) in [5.74, 6) is 5.20. The van der Waals surface area contributed by atoms with Crippen LogP contribution in [0.1, 0.15) is 6.92 Å². The minimum atomic E-state index is -1.21. The minimum absolute atomic E-state index is 1.21. The van der Waals surface area contributed by atoms with E-state index in [0.717, 1.165) is 0 Å². The molecule has 0 rings (SSSR count). The summed E-state index contributed by atoms with van der Waals surface area (Å²) in [5, 5.41) is 0. The Hall–Kier alpha value is -0.160. The number of ether oxygens (including phenoxy) is 2. The lowest BCUT2D eigenvalue weighted by Crippen LogP contribution is -2.32. The third-order valence-electron chi connectivity index (χ3n) is 0.927. The molecular formula is C4H10NO3. The second-order valence-electron chi connectivity index (χ2n) is 1.37. The van der Waals surface area contributed by atoms with E-state index in [9.17, 15) is 0 Å². The molecule has 0 aromatic carbocycles. The first-order valence-corrected chi connectivity index (χ1v) is 2.13. The first-order valence-electron chi connectivity index (χ1n) is 2.13. The topological polar surface area (TPSA) is 51.5 Å². The van der Waals surface area contributed by atoms with Crippen LogP contribution in [0, 0.1) is 0 Å². The Morgan fingerprint density at radius 3 is 1.62 bits per heavy atom. The number of rotatable bonds is 3. The molecular weight excluding hydrogens is 110 g/mol. The van der Waals surface area contributed by atoms with Gasteiger partial charge in [-0.3, -0.25) is 0 Å². The van der Waals surface area contributed by atoms with E-state index in [2.05, 4.69) is 14.3 Å². The second kappa shape index (κ2) is 2.99. The van der Waals surface area contributed by atoms with Gasteiger partial charge in [-0.15, -0.1) is 5.90 Å². The lowest BCUT2D eigenvalue weighted by molar-refractivity contribution is -0.358. The van der Waals surface area contributed by atoms with Gasteiger partial charge in [0.1, 0.15) is 0 Å². The average Bonchev–Trinajstić information content (AvgIpc) is 1.87. The first-order chi connectivity index (χ1) is 3.68. The van der Waals surface area contributed by atoms with Crippen LogP contribution in [0.5, 0.6) is 0 Å². The Morgan fingerprint density at radius 2 is 1.62 bits per heavy atom. The van der Waals surface area contributed by atoms with E-state index in [1.807, 2.05) is 0 Å². The molecule has 0 aliphatic rings. The summed E-state index contributed by atoms with van der Waals surface area (Å²) in [6.45, 7) is 1.50. The highest BCUT2D eigenvalue weighted by Gasteiger charge is 2.22. The third kappa shape index (κ3) is 1.75. The van der Waals surface area contributed by atoms with Crippen LogP contribution in [-0.4, -0.2) is 20.2 Å². The average molecular weight is 120 g/mol. The number of methoxy groups -OCH3 is 2. The molecule has 0 atom stereocenters. The van der Waals surface area contributed by atoms with Gasteiger partial charge in [-0.2, -0.15) is 0 Å². The predicted octanol–water partition coefficient (Wildman–Crippen LogP) is 0.167. The fourth-order valence-corrected chi connectivity index (χ4v) is 0.167. The highest BCUT2D eigenvalue weighted by atomic mass is 16.9. The SMILES string of the molecule is COC(C)(OC)O[NH]. The van der Waals surface area contributed by atoms with Crippen molar-refractivity contribution in [2.24, 2.45) is 0 Å². The van der Waals surface area contributed by atoms with E-state index in [-0.39, 0.29) is 0 Å². The van der Waals surface area contributed by atoms with Crippen LogP contribution in [0.3, 0.4) is 0 Å². The van der Waals surface area contributed by atoms with E-state index in [1.165, 1.54) is 21.1 Å². The van der Waals surface area contributed by atoms with Crippen LogP contribution < -0.4 is 5.90 Å². The molecule has 0 fully saturated rings. The molecule has 49 valence electrons. The standard InChI is InChI=1S/C4H10NO3/c1-4(6-2,7-3)8-5/h5H,1-3H3. The van der Waals surface area contributed by atoms with Crippen LogP contribution >= 0.6 is 0 Å². The lowest BCUT2D eigenvalue weighted by atomic mass is 10.6. The van der Waals surface area contributed by atoms with Gasteiger partial charge in [0, 0.05) is 21.1 Å². The number of nitrogens with one attached hydrogen (secondary N) is 1. The zero-order chi connectivity index (χ0) is 6.62. The smallest absolute Gasteiger partial charge is 0.297 e. The van der Waals surface area contributed by atoms with Gasteiger partial charge in [-0.05, 0) is 0 Å². The van der Waals surface area contributed by atoms with Crippen molar-refractivity contribution in [3.63, 3.8) is 0 Å². The molecule has 4 heteroatoms. The molecule has 1 radical (unpaired) electrons. The maximum Gasteiger partial charge on any atom is 0.297 e. The molecule has 0 heterocycles. The molecule has 0 saturated carbocycles. The van der Waals surface area contributed by atoms with Gasteiger partial charge in [0.15, 0.2) is 0 Å². The quantitative estimate of drug-likeness (QED) is 0.394. The Labute approximate surface area is 48.5 Å². The molecule has 0 aromatic rings. The fraction of sp³-hybridized carbons (Fsp3) is 1.00. The summed E-state index contributed by atoms with van der Waals surface area (Å²) in [7, 11) is 2.80. The van der Waals surface area contributed by atoms with E-state index in [0.29, 0.717) is 0 Å². The van der Waals surface area contributed by atoms with Crippen molar-refractivity contribution in [3.05, 3.63) is 0 Å². The van der Waals surface area contributed by atoms with Gasteiger partial charge in [-0.1, -0.05) is 0 Å². The molecule has 0 aliphatic heterocycles. The summed E-state index contributed by atoms with van der Waals surface area (Å²) in [5.41, 5.74) is 0. The van der Waals surface area contributed by atoms with Gasteiger partial charge in [0.05, 0.1) is 0 Å². The Balaban J connectivity index is 3.58. The maximum absolute atomic E-state index is 6.41. The normalized spacial score (nSPS) is 12.0. The van der Waals surface area contributed by atoms with Crippen LogP contribution in [0.25, 0.3) is 0 Å². The summed E-state index contributed by atoms with van der Waals surface area (Å²) in [6.07, 6.45) is 0. The van der Waals surface area contributed by atoms with Gasteiger partial charge in [0.2, 0.25) is 0 Å². The van der Waals surface area contributed by atoms with Crippen molar-refractivity contribution in [2.75, 3.05) is 14.2 Å². The van der Waals surface area contributed by atoms with Crippen molar-refractivity contribution in [2.45, 2.75) is 12.9 Å². The Morgan fingerprint density at radius 1 is 1.25 bits per heavy atom. The second-order valence-corrected chi connectivity index (χ2v) is 1.37. The van der Waals surface area contributed by atoms with Gasteiger partial charge < -0.3 is 9.47 Å². The lowest BCUT2D eigenvalue weighted by Gasteiger charge is -2.21. The van der Waals surface area contributed by atoms with Crippen molar-refractivity contribution in [1.29, 1.82) is 0 Å². The van der Waals surface area contributed by atoms with Crippen molar-refractivity contribution >= 4 is 0 Å². The zero-order valence-electron chi connectivity index (χ0n) is 5.22. The van der Waals surface area contributed by atoms with Crippen molar-refractivity contribution in [1.82, 2.24) is 5.90 Å². The first kappa shape index (κ1) is 7.84. The zero-order valence-corrected chi connectivity index (χ0v) is 5.22. The van der Waals surface area contributed by atoms with Gasteiger partial charge in [0.25, 0.3) is 5.97 Å². The molecule has 0 amide bonds. The van der Waals surface area contributed by atoms with Crippen LogP contribution in [0.4, 0.5) is 0 Å². The minimum Gasteiger partial charge on any atom is -0.330 e. The van der Waals surface area contributed by atoms with Gasteiger partial charge >= 0.3 is 0 Å². The molecule has 0 bridgehead atoms. The largest absolute Gasteiger partial charge is 0.330 e. The van der Waals surface area contributed by atoms with E-state index >= 15 is 0 Å². The molecule has 0 saturated heterocycles. The third-order valence-corrected chi connectivity index (χ3v) is 0.927. The molecule has 0 spiro atoms. The summed E-state index contributed by atoms with van der Waals surface area (Å²) >= 11 is 0. The molecule has 0 aliphatic carbocycles. The molecule has 0 aromatic heterocycles. The molecule has 8 heavy (non-hydrogen) atoms. The fourth-order valence-electron chi connectivity index (χ4n) is 0.167. The van der Waals surface area contributed by atoms with Crippen LogP contribution in [-0.2, 0) is 14.3 Å². The number of hydrogen-bond acceptors (Lipinski definition) is 3. The Bertz CT molecular complexity index is 54.0. The van der Waals surface area contributed by atoms with E-state index in [4.69, 9.17) is 5.90 Å². The summed E-state index contributed by atoms with van der Waals surface area (Å²) in [4.78, 5) is 4.04. The highest BCUT2D eigenvalue weighted by molar-refractivity contribution is 4.37. The molecule has 4 nitrogen and oxygen atoms in total. The van der Waals surface area contributed by atoms with Crippen molar-refractivity contribution in [3.8, 4) is 0 Å². The van der Waals surface area contributed by atoms with Crippen LogP contribution in [0.15, 0.2) is 0 Å².